The molecule has 1 aromatic rings. The lowest BCUT2D eigenvalue weighted by Gasteiger charge is -2.12. The summed E-state index contributed by atoms with van der Waals surface area (Å²) < 4.78 is 5.06. The van der Waals surface area contributed by atoms with E-state index in [1.54, 1.807) is 7.11 Å². The molecule has 0 fully saturated rings. The summed E-state index contributed by atoms with van der Waals surface area (Å²) in [7, 11) is 1.62. The Bertz CT molecular complexity index is 355. The molecular formula is C11H16N2O3. The normalized spacial score (nSPS) is 12.2. The molecule has 16 heavy (non-hydrogen) atoms. The maximum Gasteiger partial charge on any atom is 0.341 e. The van der Waals surface area contributed by atoms with Crippen molar-refractivity contribution in [3.8, 4) is 0 Å². The van der Waals surface area contributed by atoms with Crippen LogP contribution in [-0.2, 0) is 27.4 Å². The molecule has 0 aliphatic heterocycles. The summed E-state index contributed by atoms with van der Waals surface area (Å²) in [4.78, 5) is 15.2. The Morgan fingerprint density at radius 3 is 2.56 bits per heavy atom. The fourth-order valence-electron chi connectivity index (χ4n) is 1.46. The third-order valence-corrected chi connectivity index (χ3v) is 2.28. The van der Waals surface area contributed by atoms with Gasteiger partial charge >= 0.3 is 5.97 Å². The van der Waals surface area contributed by atoms with Gasteiger partial charge in [0.1, 0.15) is 6.04 Å². The van der Waals surface area contributed by atoms with Crippen molar-refractivity contribution in [1.29, 1.82) is 0 Å². The van der Waals surface area contributed by atoms with Crippen molar-refractivity contribution in [1.82, 2.24) is 0 Å². The zero-order valence-electron chi connectivity index (χ0n) is 9.18. The third kappa shape index (κ3) is 3.30. The van der Waals surface area contributed by atoms with E-state index in [2.05, 4.69) is 4.84 Å². The van der Waals surface area contributed by atoms with Crippen LogP contribution in [0, 0.1) is 0 Å². The quantitative estimate of drug-likeness (QED) is 0.693. The van der Waals surface area contributed by atoms with Crippen LogP contribution in [0.15, 0.2) is 24.3 Å². The summed E-state index contributed by atoms with van der Waals surface area (Å²) in [5.74, 6) is 4.15. The first-order valence-corrected chi connectivity index (χ1v) is 4.91. The summed E-state index contributed by atoms with van der Waals surface area (Å²) >= 11 is 0. The Balaban J connectivity index is 2.75. The third-order valence-electron chi connectivity index (χ3n) is 2.28. The molecule has 0 aromatic heterocycles. The van der Waals surface area contributed by atoms with Gasteiger partial charge in [-0.1, -0.05) is 24.3 Å². The number of carbonyl (C=O) groups excluding carboxylic acids is 1. The first kappa shape index (κ1) is 12.6. The summed E-state index contributed by atoms with van der Waals surface area (Å²) in [5.41, 5.74) is 7.59. The Hall–Kier alpha value is -1.43. The molecule has 0 saturated heterocycles. The summed E-state index contributed by atoms with van der Waals surface area (Å²) in [6.07, 6.45) is 0.384. The van der Waals surface area contributed by atoms with Crippen molar-refractivity contribution >= 4 is 5.97 Å². The second kappa shape index (κ2) is 6.22. The van der Waals surface area contributed by atoms with Gasteiger partial charge in [-0.3, -0.25) is 0 Å². The van der Waals surface area contributed by atoms with Gasteiger partial charge in [-0.15, -0.1) is 0 Å². The minimum atomic E-state index is -0.747. The van der Waals surface area contributed by atoms with Crippen LogP contribution in [0.3, 0.4) is 0 Å². The number of carbonyl (C=O) groups is 1. The van der Waals surface area contributed by atoms with Crippen LogP contribution in [0.5, 0.6) is 0 Å². The first-order valence-electron chi connectivity index (χ1n) is 4.91. The van der Waals surface area contributed by atoms with E-state index in [0.717, 1.165) is 11.1 Å². The van der Waals surface area contributed by atoms with Gasteiger partial charge < -0.3 is 15.3 Å². The minimum Gasteiger partial charge on any atom is -0.380 e. The smallest absolute Gasteiger partial charge is 0.341 e. The highest BCUT2D eigenvalue weighted by Crippen LogP contribution is 2.12. The number of benzene rings is 1. The molecule has 0 amide bonds. The number of nitrogens with two attached hydrogens (primary N) is 2. The Morgan fingerprint density at radius 2 is 2.00 bits per heavy atom. The molecule has 88 valence electrons. The van der Waals surface area contributed by atoms with Crippen molar-refractivity contribution in [3.05, 3.63) is 35.4 Å². The molecule has 1 atom stereocenters. The van der Waals surface area contributed by atoms with Gasteiger partial charge in [0.15, 0.2) is 0 Å². The first-order chi connectivity index (χ1) is 7.69. The average molecular weight is 224 g/mol. The van der Waals surface area contributed by atoms with Gasteiger partial charge in [-0.25, -0.2) is 4.79 Å². The van der Waals surface area contributed by atoms with E-state index in [9.17, 15) is 4.79 Å². The van der Waals surface area contributed by atoms with Gasteiger partial charge in [-0.05, 0) is 17.5 Å². The summed E-state index contributed by atoms with van der Waals surface area (Å²) in [6.45, 7) is 0.487. The minimum absolute atomic E-state index is 0.384. The summed E-state index contributed by atoms with van der Waals surface area (Å²) in [5, 5.41) is 0. The van der Waals surface area contributed by atoms with Gasteiger partial charge in [0.05, 0.1) is 6.61 Å². The highest BCUT2D eigenvalue weighted by atomic mass is 16.7. The Kier molecular flexibility index (Phi) is 4.91. The SMILES string of the molecule is COCc1ccccc1CC(N)C(=O)ON. The largest absolute Gasteiger partial charge is 0.380 e. The van der Waals surface area contributed by atoms with Crippen LogP contribution in [-0.4, -0.2) is 19.1 Å². The molecule has 0 aliphatic rings. The van der Waals surface area contributed by atoms with E-state index in [1.165, 1.54) is 0 Å². The van der Waals surface area contributed by atoms with Crippen LogP contribution in [0.25, 0.3) is 0 Å². The van der Waals surface area contributed by atoms with E-state index < -0.39 is 12.0 Å². The zero-order valence-corrected chi connectivity index (χ0v) is 9.18. The van der Waals surface area contributed by atoms with Crippen LogP contribution < -0.4 is 11.6 Å². The topological polar surface area (TPSA) is 87.6 Å². The molecular weight excluding hydrogens is 208 g/mol. The van der Waals surface area contributed by atoms with Crippen molar-refractivity contribution < 1.29 is 14.4 Å². The van der Waals surface area contributed by atoms with Gasteiger partial charge in [0.25, 0.3) is 0 Å². The van der Waals surface area contributed by atoms with Crippen molar-refractivity contribution in [2.75, 3.05) is 7.11 Å². The number of hydrogen-bond donors (Lipinski definition) is 2. The zero-order chi connectivity index (χ0) is 12.0. The fraction of sp³-hybridized carbons (Fsp3) is 0.364. The van der Waals surface area contributed by atoms with Gasteiger partial charge in [-0.2, -0.15) is 5.90 Å². The molecule has 5 nitrogen and oxygen atoms in total. The lowest BCUT2D eigenvalue weighted by atomic mass is 10.0. The molecule has 0 saturated carbocycles. The van der Waals surface area contributed by atoms with E-state index in [-0.39, 0.29) is 0 Å². The monoisotopic (exact) mass is 224 g/mol. The molecule has 0 bridgehead atoms. The van der Waals surface area contributed by atoms with E-state index >= 15 is 0 Å². The second-order valence-corrected chi connectivity index (χ2v) is 3.45. The van der Waals surface area contributed by atoms with E-state index in [4.69, 9.17) is 16.4 Å². The predicted octanol–water partition coefficient (Wildman–Crippen LogP) is 0.120. The lowest BCUT2D eigenvalue weighted by Crippen LogP contribution is -2.36. The summed E-state index contributed by atoms with van der Waals surface area (Å²) in [6, 6.07) is 6.87. The lowest BCUT2D eigenvalue weighted by molar-refractivity contribution is -0.145. The highest BCUT2D eigenvalue weighted by molar-refractivity contribution is 5.75. The van der Waals surface area contributed by atoms with Crippen LogP contribution in [0.1, 0.15) is 11.1 Å². The molecule has 1 unspecified atom stereocenters. The van der Waals surface area contributed by atoms with Crippen LogP contribution >= 0.6 is 0 Å². The van der Waals surface area contributed by atoms with Crippen LogP contribution in [0.4, 0.5) is 0 Å². The number of methoxy groups -OCH3 is 1. The molecule has 0 aliphatic carbocycles. The molecule has 5 heteroatoms. The molecule has 4 N–H and O–H groups in total. The fourth-order valence-corrected chi connectivity index (χ4v) is 1.46. The van der Waals surface area contributed by atoms with Gasteiger partial charge in [0, 0.05) is 7.11 Å². The number of rotatable bonds is 5. The maximum atomic E-state index is 11.1. The van der Waals surface area contributed by atoms with E-state index in [1.807, 2.05) is 24.3 Å². The Morgan fingerprint density at radius 1 is 1.38 bits per heavy atom. The van der Waals surface area contributed by atoms with E-state index in [0.29, 0.717) is 13.0 Å². The predicted molar refractivity (Wildman–Crippen MR) is 59.1 cm³/mol. The second-order valence-electron chi connectivity index (χ2n) is 3.45. The highest BCUT2D eigenvalue weighted by Gasteiger charge is 2.16. The molecule has 0 heterocycles. The standard InChI is InChI=1S/C11H16N2O3/c1-15-7-9-5-3-2-4-8(9)6-10(12)11(14)16-13/h2-5,10H,6-7,12-13H2,1H3. The Labute approximate surface area is 94.3 Å². The molecule has 0 radical (unpaired) electrons. The molecule has 0 spiro atoms. The van der Waals surface area contributed by atoms with Crippen molar-refractivity contribution in [2.45, 2.75) is 19.1 Å². The molecule has 1 aromatic carbocycles. The maximum absolute atomic E-state index is 11.1. The van der Waals surface area contributed by atoms with Crippen molar-refractivity contribution in [3.63, 3.8) is 0 Å². The average Bonchev–Trinajstić information content (AvgIpc) is 2.31. The van der Waals surface area contributed by atoms with Crippen molar-refractivity contribution in [2.24, 2.45) is 11.6 Å². The van der Waals surface area contributed by atoms with Gasteiger partial charge in [0.2, 0.25) is 0 Å². The number of ether oxygens (including phenoxy) is 1. The molecule has 1 rings (SSSR count). The number of hydrogen-bond acceptors (Lipinski definition) is 5. The van der Waals surface area contributed by atoms with Crippen LogP contribution in [0.2, 0.25) is 0 Å².